The number of fused-ring (bicyclic) bond motifs is 1. The van der Waals surface area contributed by atoms with E-state index in [2.05, 4.69) is 35.7 Å². The van der Waals surface area contributed by atoms with Crippen molar-refractivity contribution in [2.45, 2.75) is 45.8 Å². The maximum absolute atomic E-state index is 11.8. The van der Waals surface area contributed by atoms with Gasteiger partial charge in [0.1, 0.15) is 5.60 Å². The number of aryl methyl sites for hydroxylation is 2. The van der Waals surface area contributed by atoms with Crippen molar-refractivity contribution in [2.24, 2.45) is 7.05 Å². The molecule has 200 valence electrons. The minimum absolute atomic E-state index is 0.408. The number of nitrogens with zero attached hydrogens (tertiary/aromatic N) is 9. The van der Waals surface area contributed by atoms with E-state index in [9.17, 15) is 4.79 Å². The summed E-state index contributed by atoms with van der Waals surface area (Å²) in [7, 11) is 1.86. The maximum Gasteiger partial charge on any atom is 0.407 e. The summed E-state index contributed by atoms with van der Waals surface area (Å²) in [6.45, 7) is 6.51. The van der Waals surface area contributed by atoms with Crippen molar-refractivity contribution in [1.29, 1.82) is 0 Å². The van der Waals surface area contributed by atoms with Gasteiger partial charge in [0.15, 0.2) is 11.5 Å². The second kappa shape index (κ2) is 10.9. The minimum Gasteiger partial charge on any atom is -0.444 e. The number of ether oxygens (including phenoxy) is 1. The monoisotopic (exact) mass is 526 g/mol. The van der Waals surface area contributed by atoms with Gasteiger partial charge in [0.2, 0.25) is 5.65 Å². The molecule has 0 saturated carbocycles. The van der Waals surface area contributed by atoms with E-state index in [1.54, 1.807) is 21.8 Å². The highest BCUT2D eigenvalue weighted by molar-refractivity contribution is 5.69. The lowest BCUT2D eigenvalue weighted by Gasteiger charge is -2.19. The number of carbonyl (C=O) groups excluding carboxylic acids is 1. The van der Waals surface area contributed by atoms with Crippen LogP contribution in [0.4, 0.5) is 4.79 Å². The van der Waals surface area contributed by atoms with Crippen molar-refractivity contribution < 1.29 is 9.53 Å². The summed E-state index contributed by atoms with van der Waals surface area (Å²) in [6.07, 6.45) is 10.1. The molecule has 12 nitrogen and oxygen atoms in total. The molecule has 0 aliphatic heterocycles. The highest BCUT2D eigenvalue weighted by Gasteiger charge is 2.15. The van der Waals surface area contributed by atoms with Gasteiger partial charge in [0.05, 0.1) is 24.6 Å². The van der Waals surface area contributed by atoms with Crippen LogP contribution in [0.2, 0.25) is 0 Å². The van der Waals surface area contributed by atoms with Crippen LogP contribution in [0.15, 0.2) is 55.2 Å². The van der Waals surface area contributed by atoms with Crippen molar-refractivity contribution in [3.63, 3.8) is 0 Å². The lowest BCUT2D eigenvalue weighted by molar-refractivity contribution is 0.0527. The van der Waals surface area contributed by atoms with Gasteiger partial charge in [0.25, 0.3) is 0 Å². The maximum atomic E-state index is 11.8. The Morgan fingerprint density at radius 3 is 2.59 bits per heavy atom. The van der Waals surface area contributed by atoms with Crippen LogP contribution in [-0.4, -0.2) is 62.9 Å². The lowest BCUT2D eigenvalue weighted by Crippen LogP contribution is -2.33. The molecule has 12 heteroatoms. The zero-order chi connectivity index (χ0) is 27.4. The van der Waals surface area contributed by atoms with Crippen molar-refractivity contribution in [3.05, 3.63) is 66.4 Å². The number of carbonyl (C=O) groups is 1. The first-order valence-electron chi connectivity index (χ1n) is 12.7. The Bertz CT molecular complexity index is 1580. The van der Waals surface area contributed by atoms with Gasteiger partial charge >= 0.3 is 6.09 Å². The molecule has 0 radical (unpaired) electrons. The van der Waals surface area contributed by atoms with Crippen LogP contribution in [0.1, 0.15) is 38.3 Å². The fraction of sp³-hybridized carbons (Fsp3) is 0.333. The number of rotatable bonds is 8. The second-order valence-corrected chi connectivity index (χ2v) is 10.2. The molecule has 0 aliphatic rings. The van der Waals surface area contributed by atoms with Crippen LogP contribution in [0.25, 0.3) is 33.9 Å². The van der Waals surface area contributed by atoms with Crippen LogP contribution in [0, 0.1) is 0 Å². The van der Waals surface area contributed by atoms with E-state index in [1.165, 1.54) is 0 Å². The second-order valence-electron chi connectivity index (χ2n) is 10.2. The minimum atomic E-state index is -0.508. The van der Waals surface area contributed by atoms with Gasteiger partial charge in [-0.25, -0.2) is 29.4 Å². The molecule has 5 rings (SSSR count). The topological polar surface area (TPSA) is 138 Å². The third-order valence-electron chi connectivity index (χ3n) is 5.76. The molecular formula is C27H30N10O2. The van der Waals surface area contributed by atoms with Crippen molar-refractivity contribution in [3.8, 4) is 22.6 Å². The molecule has 0 bridgehead atoms. The summed E-state index contributed by atoms with van der Waals surface area (Å²) < 4.78 is 8.71. The van der Waals surface area contributed by atoms with E-state index in [0.29, 0.717) is 35.9 Å². The van der Waals surface area contributed by atoms with Crippen LogP contribution in [0.5, 0.6) is 0 Å². The van der Waals surface area contributed by atoms with Crippen molar-refractivity contribution in [2.75, 3.05) is 6.54 Å². The van der Waals surface area contributed by atoms with Gasteiger partial charge in [-0.3, -0.25) is 4.68 Å². The molecule has 0 saturated heterocycles. The van der Waals surface area contributed by atoms with E-state index < -0.39 is 11.7 Å². The fourth-order valence-electron chi connectivity index (χ4n) is 3.97. The largest absolute Gasteiger partial charge is 0.444 e. The Morgan fingerprint density at radius 1 is 1.03 bits per heavy atom. The number of aromatic nitrogens is 9. The van der Waals surface area contributed by atoms with Gasteiger partial charge in [-0.15, -0.1) is 5.10 Å². The molecule has 1 N–H and O–H groups in total. The molecule has 0 aliphatic carbocycles. The van der Waals surface area contributed by atoms with Crippen molar-refractivity contribution >= 4 is 17.4 Å². The number of benzene rings is 1. The summed E-state index contributed by atoms with van der Waals surface area (Å²) in [5.41, 5.74) is 5.07. The quantitative estimate of drug-likeness (QED) is 0.301. The van der Waals surface area contributed by atoms with E-state index in [4.69, 9.17) is 9.72 Å². The SMILES string of the molecule is Cn1cc(-c2cnc3nnn(Cc4cccc(-c5ncc(CCCNC(=O)OC(C)(C)C)cn5)c4)c3n2)cn1. The van der Waals surface area contributed by atoms with E-state index >= 15 is 0 Å². The molecule has 39 heavy (non-hydrogen) atoms. The molecule has 5 aromatic rings. The standard InChI is InChI=1S/C27H30N10O2/c1-27(2,3)39-26(38)28-10-6-8-19-12-29-23(30-13-19)20-9-5-7-18(11-20)16-37-25-24(34-35-37)31-15-22(33-25)21-14-32-36(4)17-21/h5,7,9,11-15,17H,6,8,10,16H2,1-4H3,(H,28,38). The summed E-state index contributed by atoms with van der Waals surface area (Å²) in [5.74, 6) is 0.634. The van der Waals surface area contributed by atoms with Gasteiger partial charge < -0.3 is 10.1 Å². The molecular weight excluding hydrogens is 496 g/mol. The Balaban J connectivity index is 1.22. The van der Waals surface area contributed by atoms with Gasteiger partial charge in [-0.2, -0.15) is 5.10 Å². The number of hydrogen-bond donors (Lipinski definition) is 1. The summed E-state index contributed by atoms with van der Waals surface area (Å²) in [6, 6.07) is 7.99. The Kier molecular flexibility index (Phi) is 7.26. The highest BCUT2D eigenvalue weighted by atomic mass is 16.6. The first-order valence-corrected chi connectivity index (χ1v) is 12.7. The molecule has 4 aromatic heterocycles. The zero-order valence-electron chi connectivity index (χ0n) is 22.4. The predicted molar refractivity (Wildman–Crippen MR) is 144 cm³/mol. The smallest absolute Gasteiger partial charge is 0.407 e. The molecule has 0 unspecified atom stereocenters. The van der Waals surface area contributed by atoms with Gasteiger partial charge in [-0.05, 0) is 50.8 Å². The summed E-state index contributed by atoms with van der Waals surface area (Å²) >= 11 is 0. The number of alkyl carbamates (subject to hydrolysis) is 1. The highest BCUT2D eigenvalue weighted by Crippen LogP contribution is 2.20. The number of hydrogen-bond acceptors (Lipinski definition) is 9. The molecule has 1 aromatic carbocycles. The van der Waals surface area contributed by atoms with E-state index in [1.807, 2.05) is 70.7 Å². The Hall–Kier alpha value is -4.74. The predicted octanol–water partition coefficient (Wildman–Crippen LogP) is 3.58. The van der Waals surface area contributed by atoms with Crippen LogP contribution < -0.4 is 5.32 Å². The number of amides is 1. The van der Waals surface area contributed by atoms with E-state index in [-0.39, 0.29) is 0 Å². The molecule has 0 atom stereocenters. The first kappa shape index (κ1) is 25.9. The van der Waals surface area contributed by atoms with Gasteiger partial charge in [-0.1, -0.05) is 23.4 Å². The summed E-state index contributed by atoms with van der Waals surface area (Å²) in [4.78, 5) is 30.0. The average Bonchev–Trinajstić information content (AvgIpc) is 3.52. The van der Waals surface area contributed by atoms with Gasteiger partial charge in [0, 0.05) is 43.3 Å². The third kappa shape index (κ3) is 6.58. The normalized spacial score (nSPS) is 11.6. The Labute approximate surface area is 225 Å². The lowest BCUT2D eigenvalue weighted by atomic mass is 10.1. The third-order valence-corrected chi connectivity index (χ3v) is 5.76. The van der Waals surface area contributed by atoms with Crippen LogP contribution >= 0.6 is 0 Å². The fourth-order valence-corrected chi connectivity index (χ4v) is 3.97. The molecule has 1 amide bonds. The van der Waals surface area contributed by atoms with Crippen molar-refractivity contribution in [1.82, 2.24) is 50.0 Å². The first-order chi connectivity index (χ1) is 18.7. The summed E-state index contributed by atoms with van der Waals surface area (Å²) in [5, 5.41) is 15.4. The molecule has 0 spiro atoms. The Morgan fingerprint density at radius 2 is 1.85 bits per heavy atom. The van der Waals surface area contributed by atoms with Crippen LogP contribution in [-0.2, 0) is 24.8 Å². The van der Waals surface area contributed by atoms with E-state index in [0.717, 1.165) is 35.1 Å². The number of nitrogens with one attached hydrogen (secondary N) is 1. The average molecular weight is 527 g/mol. The molecule has 4 heterocycles. The molecule has 0 fully saturated rings. The van der Waals surface area contributed by atoms with Crippen LogP contribution in [0.3, 0.4) is 0 Å². The zero-order valence-corrected chi connectivity index (χ0v) is 22.4.